The molecule has 0 aliphatic heterocycles. The van der Waals surface area contributed by atoms with E-state index in [2.05, 4.69) is 64.5 Å². The first kappa shape index (κ1) is 14.3. The van der Waals surface area contributed by atoms with Gasteiger partial charge in [0.05, 0.1) is 6.20 Å². The first-order valence-electron chi connectivity index (χ1n) is 6.79. The largest absolute Gasteiger partial charge is 0.276 e. The summed E-state index contributed by atoms with van der Waals surface area (Å²) in [5, 5.41) is 5.25. The van der Waals surface area contributed by atoms with Crippen molar-refractivity contribution in [2.24, 2.45) is 7.05 Å². The summed E-state index contributed by atoms with van der Waals surface area (Å²) in [6, 6.07) is 10.8. The fraction of sp³-hybridized carbons (Fsp3) is 0.438. The number of hydrogen-bond acceptors (Lipinski definition) is 1. The van der Waals surface area contributed by atoms with E-state index in [1.165, 1.54) is 11.1 Å². The zero-order valence-electron chi connectivity index (χ0n) is 11.6. The molecule has 3 heteroatoms. The van der Waals surface area contributed by atoms with E-state index in [0.717, 1.165) is 24.6 Å². The van der Waals surface area contributed by atoms with Crippen LogP contribution in [0.3, 0.4) is 0 Å². The molecule has 0 fully saturated rings. The van der Waals surface area contributed by atoms with Crippen molar-refractivity contribution in [2.75, 3.05) is 5.33 Å². The molecule has 0 bridgehead atoms. The number of hydrogen-bond donors (Lipinski definition) is 0. The molecule has 0 amide bonds. The minimum absolute atomic E-state index is 0.219. The Morgan fingerprint density at radius 1 is 1.26 bits per heavy atom. The van der Waals surface area contributed by atoms with Crippen LogP contribution in [0.15, 0.2) is 42.7 Å². The summed E-state index contributed by atoms with van der Waals surface area (Å²) in [5.41, 5.74) is 2.97. The van der Waals surface area contributed by atoms with Gasteiger partial charge in [-0.15, -0.1) is 0 Å². The van der Waals surface area contributed by atoms with Crippen molar-refractivity contribution < 1.29 is 0 Å². The molecular formula is C16H21BrN2. The van der Waals surface area contributed by atoms with Gasteiger partial charge in [0.2, 0.25) is 0 Å². The zero-order valence-corrected chi connectivity index (χ0v) is 13.2. The summed E-state index contributed by atoms with van der Waals surface area (Å²) >= 11 is 3.73. The Kier molecular flexibility index (Phi) is 4.81. The molecule has 0 aliphatic carbocycles. The highest BCUT2D eigenvalue weighted by Gasteiger charge is 2.28. The highest BCUT2D eigenvalue weighted by Crippen LogP contribution is 2.34. The smallest absolute Gasteiger partial charge is 0.0521 e. The third-order valence-electron chi connectivity index (χ3n) is 3.97. The van der Waals surface area contributed by atoms with Crippen molar-refractivity contribution in [1.29, 1.82) is 0 Å². The summed E-state index contributed by atoms with van der Waals surface area (Å²) in [5.74, 6) is 0. The van der Waals surface area contributed by atoms with Crippen LogP contribution in [-0.4, -0.2) is 15.1 Å². The lowest BCUT2D eigenvalue weighted by Gasteiger charge is -2.31. The molecule has 1 atom stereocenters. The third kappa shape index (κ3) is 3.27. The minimum Gasteiger partial charge on any atom is -0.276 e. The van der Waals surface area contributed by atoms with Crippen molar-refractivity contribution in [1.82, 2.24) is 9.78 Å². The van der Waals surface area contributed by atoms with Gasteiger partial charge < -0.3 is 0 Å². The average Bonchev–Trinajstić information content (AvgIpc) is 2.88. The number of nitrogens with zero attached hydrogens (tertiary/aromatic N) is 2. The third-order valence-corrected chi connectivity index (χ3v) is 5.04. The van der Waals surface area contributed by atoms with Gasteiger partial charge in [0.1, 0.15) is 0 Å². The quantitative estimate of drug-likeness (QED) is 0.733. The highest BCUT2D eigenvalue weighted by molar-refractivity contribution is 9.09. The van der Waals surface area contributed by atoms with Crippen molar-refractivity contribution in [3.63, 3.8) is 0 Å². The lowest BCUT2D eigenvalue weighted by atomic mass is 9.76. The Morgan fingerprint density at radius 2 is 2.00 bits per heavy atom. The molecule has 1 unspecified atom stereocenters. The van der Waals surface area contributed by atoms with Gasteiger partial charge in [-0.05, 0) is 30.4 Å². The van der Waals surface area contributed by atoms with Crippen LogP contribution in [0.2, 0.25) is 0 Å². The van der Waals surface area contributed by atoms with Gasteiger partial charge in [-0.3, -0.25) is 4.68 Å². The normalized spacial score (nSPS) is 14.3. The van der Waals surface area contributed by atoms with E-state index in [-0.39, 0.29) is 5.41 Å². The standard InChI is InChI=1S/C16H21BrN2/c1-3-16(13-17,15-7-5-4-6-8-15)10-9-14-11-18-19(2)12-14/h4-8,11-12H,3,9-10,13H2,1-2H3. The Hall–Kier alpha value is -1.09. The maximum Gasteiger partial charge on any atom is 0.0521 e. The number of aryl methyl sites for hydroxylation is 2. The monoisotopic (exact) mass is 320 g/mol. The first-order chi connectivity index (χ1) is 9.20. The van der Waals surface area contributed by atoms with E-state index in [9.17, 15) is 0 Å². The molecular weight excluding hydrogens is 300 g/mol. The highest BCUT2D eigenvalue weighted by atomic mass is 79.9. The van der Waals surface area contributed by atoms with Crippen LogP contribution in [0.25, 0.3) is 0 Å². The number of halogens is 1. The van der Waals surface area contributed by atoms with Crippen LogP contribution >= 0.6 is 15.9 Å². The first-order valence-corrected chi connectivity index (χ1v) is 7.91. The van der Waals surface area contributed by atoms with Crippen LogP contribution in [0.4, 0.5) is 0 Å². The molecule has 102 valence electrons. The van der Waals surface area contributed by atoms with E-state index in [0.29, 0.717) is 0 Å². The fourth-order valence-electron chi connectivity index (χ4n) is 2.54. The number of benzene rings is 1. The minimum atomic E-state index is 0.219. The van der Waals surface area contributed by atoms with Gasteiger partial charge in [0, 0.05) is 24.0 Å². The molecule has 2 nitrogen and oxygen atoms in total. The molecule has 0 saturated heterocycles. The lowest BCUT2D eigenvalue weighted by Crippen LogP contribution is -2.28. The second-order valence-corrected chi connectivity index (χ2v) is 5.72. The number of alkyl halides is 1. The van der Waals surface area contributed by atoms with Crippen LogP contribution in [0.5, 0.6) is 0 Å². The molecule has 2 aromatic rings. The van der Waals surface area contributed by atoms with Gasteiger partial charge in [0.25, 0.3) is 0 Å². The maximum atomic E-state index is 4.25. The molecule has 1 aromatic heterocycles. The van der Waals surface area contributed by atoms with Gasteiger partial charge >= 0.3 is 0 Å². The Balaban J connectivity index is 2.16. The van der Waals surface area contributed by atoms with E-state index >= 15 is 0 Å². The second-order valence-electron chi connectivity index (χ2n) is 5.16. The fourth-order valence-corrected chi connectivity index (χ4v) is 3.54. The van der Waals surface area contributed by atoms with Gasteiger partial charge in [-0.25, -0.2) is 0 Å². The van der Waals surface area contributed by atoms with Crippen molar-refractivity contribution in [2.45, 2.75) is 31.6 Å². The summed E-state index contributed by atoms with van der Waals surface area (Å²) < 4.78 is 1.87. The molecule has 0 N–H and O–H groups in total. The molecule has 1 aromatic carbocycles. The molecule has 0 aliphatic rings. The molecule has 0 spiro atoms. The summed E-state index contributed by atoms with van der Waals surface area (Å²) in [6.45, 7) is 2.28. The predicted molar refractivity (Wildman–Crippen MR) is 83.7 cm³/mol. The average molecular weight is 321 g/mol. The van der Waals surface area contributed by atoms with E-state index in [1.807, 2.05) is 17.9 Å². The van der Waals surface area contributed by atoms with Crippen LogP contribution in [0, 0.1) is 0 Å². The molecule has 2 rings (SSSR count). The number of aromatic nitrogens is 2. The lowest BCUT2D eigenvalue weighted by molar-refractivity contribution is 0.430. The zero-order chi connectivity index (χ0) is 13.7. The van der Waals surface area contributed by atoms with Crippen molar-refractivity contribution in [3.8, 4) is 0 Å². The molecule has 0 saturated carbocycles. The van der Waals surface area contributed by atoms with E-state index < -0.39 is 0 Å². The van der Waals surface area contributed by atoms with Gasteiger partial charge in [0.15, 0.2) is 0 Å². The predicted octanol–water partition coefficient (Wildman–Crippen LogP) is 4.10. The molecule has 0 radical (unpaired) electrons. The Morgan fingerprint density at radius 3 is 2.53 bits per heavy atom. The van der Waals surface area contributed by atoms with Crippen LogP contribution in [-0.2, 0) is 18.9 Å². The summed E-state index contributed by atoms with van der Waals surface area (Å²) in [4.78, 5) is 0. The number of rotatable bonds is 6. The summed E-state index contributed by atoms with van der Waals surface area (Å²) in [7, 11) is 1.97. The van der Waals surface area contributed by atoms with Crippen LogP contribution < -0.4 is 0 Å². The molecule has 1 heterocycles. The van der Waals surface area contributed by atoms with Crippen molar-refractivity contribution in [3.05, 3.63) is 53.9 Å². The second kappa shape index (κ2) is 6.38. The molecule has 19 heavy (non-hydrogen) atoms. The Labute approximate surface area is 124 Å². The Bertz CT molecular complexity index is 500. The van der Waals surface area contributed by atoms with Gasteiger partial charge in [-0.1, -0.05) is 53.2 Å². The SMILES string of the molecule is CCC(CBr)(CCc1cnn(C)c1)c1ccccc1. The van der Waals surface area contributed by atoms with Gasteiger partial charge in [-0.2, -0.15) is 5.10 Å². The van der Waals surface area contributed by atoms with E-state index in [4.69, 9.17) is 0 Å². The van der Waals surface area contributed by atoms with Crippen molar-refractivity contribution >= 4 is 15.9 Å². The topological polar surface area (TPSA) is 17.8 Å². The van der Waals surface area contributed by atoms with Crippen LogP contribution in [0.1, 0.15) is 30.9 Å². The summed E-state index contributed by atoms with van der Waals surface area (Å²) in [6.07, 6.45) is 7.44. The van der Waals surface area contributed by atoms with E-state index in [1.54, 1.807) is 0 Å². The maximum absolute atomic E-state index is 4.25.